The number of aromatic amines is 1. The van der Waals surface area contributed by atoms with Crippen molar-refractivity contribution in [2.45, 2.75) is 0 Å². The molecule has 4 N–H and O–H groups in total. The molecule has 0 saturated carbocycles. The number of H-pyrrole nitrogens is 1. The summed E-state index contributed by atoms with van der Waals surface area (Å²) in [6.45, 7) is 0. The van der Waals surface area contributed by atoms with Crippen molar-refractivity contribution in [1.82, 2.24) is 10.2 Å². The lowest BCUT2D eigenvalue weighted by Crippen LogP contribution is -1.83. The predicted octanol–water partition coefficient (Wildman–Crippen LogP) is 2.16. The van der Waals surface area contributed by atoms with Gasteiger partial charge in [0.15, 0.2) is 11.6 Å². The molecule has 6 heteroatoms. The molecule has 0 atom stereocenters. The summed E-state index contributed by atoms with van der Waals surface area (Å²) in [5, 5.41) is 15.4. The first-order chi connectivity index (χ1) is 7.08. The van der Waals surface area contributed by atoms with Crippen LogP contribution in [0, 0.1) is 5.82 Å². The topological polar surface area (TPSA) is 74.9 Å². The van der Waals surface area contributed by atoms with E-state index in [2.05, 4.69) is 10.2 Å². The fraction of sp³-hybridized carbons (Fsp3) is 0. The van der Waals surface area contributed by atoms with Crippen LogP contribution < -0.4 is 5.73 Å². The molecule has 0 aliphatic carbocycles. The van der Waals surface area contributed by atoms with Gasteiger partial charge in [-0.25, -0.2) is 4.39 Å². The van der Waals surface area contributed by atoms with Crippen molar-refractivity contribution in [3.8, 4) is 17.0 Å². The first-order valence-electron chi connectivity index (χ1n) is 4.07. The Morgan fingerprint density at radius 2 is 2.13 bits per heavy atom. The quantitative estimate of drug-likeness (QED) is 0.699. The molecule has 1 heterocycles. The molecule has 0 aliphatic heterocycles. The molecule has 4 nitrogen and oxygen atoms in total. The molecule has 0 spiro atoms. The zero-order valence-electron chi connectivity index (χ0n) is 7.46. The van der Waals surface area contributed by atoms with Gasteiger partial charge in [0.2, 0.25) is 0 Å². The fourth-order valence-electron chi connectivity index (χ4n) is 1.21. The van der Waals surface area contributed by atoms with Gasteiger partial charge in [-0.2, -0.15) is 5.10 Å². The number of phenols is 1. The van der Waals surface area contributed by atoms with E-state index in [4.69, 9.17) is 22.4 Å². The van der Waals surface area contributed by atoms with Gasteiger partial charge in [-0.3, -0.25) is 5.10 Å². The van der Waals surface area contributed by atoms with E-state index in [0.29, 0.717) is 17.1 Å². The highest BCUT2D eigenvalue weighted by Crippen LogP contribution is 2.31. The number of nitrogens with two attached hydrogens (primary N) is 1. The highest BCUT2D eigenvalue weighted by atomic mass is 35.5. The van der Waals surface area contributed by atoms with Crippen molar-refractivity contribution in [3.63, 3.8) is 0 Å². The largest absolute Gasteiger partial charge is 0.504 e. The first kappa shape index (κ1) is 9.79. The zero-order valence-corrected chi connectivity index (χ0v) is 8.22. The van der Waals surface area contributed by atoms with Crippen molar-refractivity contribution < 1.29 is 9.50 Å². The normalized spacial score (nSPS) is 10.5. The number of halogens is 2. The minimum atomic E-state index is -0.786. The summed E-state index contributed by atoms with van der Waals surface area (Å²) in [7, 11) is 0. The molecule has 0 amide bonds. The summed E-state index contributed by atoms with van der Waals surface area (Å²) >= 11 is 5.62. The van der Waals surface area contributed by atoms with Crippen LogP contribution in [-0.2, 0) is 0 Å². The van der Waals surface area contributed by atoms with Crippen molar-refractivity contribution >= 4 is 17.4 Å². The van der Waals surface area contributed by atoms with Crippen LogP contribution in [0.5, 0.6) is 5.75 Å². The smallest absolute Gasteiger partial charge is 0.170 e. The Morgan fingerprint density at radius 3 is 2.67 bits per heavy atom. The second-order valence-electron chi connectivity index (χ2n) is 2.99. The Morgan fingerprint density at radius 1 is 1.40 bits per heavy atom. The molecule has 2 aromatic rings. The van der Waals surface area contributed by atoms with Gasteiger partial charge >= 0.3 is 0 Å². The SMILES string of the molecule is Nc1cc(-c2cc(F)c(O)c(Cl)c2)[nH]n1. The van der Waals surface area contributed by atoms with E-state index in [1.807, 2.05) is 0 Å². The van der Waals surface area contributed by atoms with Crippen molar-refractivity contribution in [3.05, 3.63) is 29.0 Å². The lowest BCUT2D eigenvalue weighted by atomic mass is 10.1. The first-order valence-corrected chi connectivity index (χ1v) is 4.45. The number of nitrogens with zero attached hydrogens (tertiary/aromatic N) is 1. The maximum atomic E-state index is 13.1. The standard InChI is InChI=1S/C9H7ClFN3O/c10-5-1-4(2-6(11)9(5)15)7-3-8(12)14-13-7/h1-3,15H,(H3,12,13,14). The average Bonchev–Trinajstić information content (AvgIpc) is 2.60. The summed E-state index contributed by atoms with van der Waals surface area (Å²) < 4.78 is 13.1. The Hall–Kier alpha value is -1.75. The van der Waals surface area contributed by atoms with Gasteiger partial charge in [0.25, 0.3) is 0 Å². The maximum Gasteiger partial charge on any atom is 0.170 e. The molecule has 0 aliphatic rings. The number of aromatic hydroxyl groups is 1. The third-order valence-electron chi connectivity index (χ3n) is 1.93. The zero-order chi connectivity index (χ0) is 11.0. The van der Waals surface area contributed by atoms with E-state index in [9.17, 15) is 4.39 Å². The summed E-state index contributed by atoms with van der Waals surface area (Å²) in [6, 6.07) is 4.11. The van der Waals surface area contributed by atoms with E-state index in [0.717, 1.165) is 6.07 Å². The van der Waals surface area contributed by atoms with E-state index in [-0.39, 0.29) is 5.02 Å². The highest BCUT2D eigenvalue weighted by molar-refractivity contribution is 6.32. The Bertz CT molecular complexity index is 489. The number of rotatable bonds is 1. The molecule has 1 aromatic carbocycles. The number of anilines is 1. The van der Waals surface area contributed by atoms with E-state index in [1.54, 1.807) is 6.07 Å². The second-order valence-corrected chi connectivity index (χ2v) is 3.40. The molecular weight excluding hydrogens is 221 g/mol. The molecule has 0 bridgehead atoms. The number of phenolic OH excluding ortho intramolecular Hbond substituents is 1. The van der Waals surface area contributed by atoms with E-state index >= 15 is 0 Å². The summed E-state index contributed by atoms with van der Waals surface area (Å²) in [5.41, 5.74) is 6.41. The number of benzene rings is 1. The Kier molecular flexibility index (Phi) is 2.24. The molecule has 1 aromatic heterocycles. The minimum Gasteiger partial charge on any atom is -0.504 e. The fourth-order valence-corrected chi connectivity index (χ4v) is 1.41. The second kappa shape index (κ2) is 3.43. The third-order valence-corrected chi connectivity index (χ3v) is 2.21. The van der Waals surface area contributed by atoms with E-state index in [1.165, 1.54) is 6.07 Å². The molecule has 0 unspecified atom stereocenters. The Labute approximate surface area is 89.5 Å². The lowest BCUT2D eigenvalue weighted by molar-refractivity contribution is 0.433. The monoisotopic (exact) mass is 227 g/mol. The highest BCUT2D eigenvalue weighted by Gasteiger charge is 2.10. The van der Waals surface area contributed by atoms with Crippen molar-refractivity contribution in [1.29, 1.82) is 0 Å². The van der Waals surface area contributed by atoms with Crippen LogP contribution in [0.2, 0.25) is 5.02 Å². The van der Waals surface area contributed by atoms with Crippen molar-refractivity contribution in [2.24, 2.45) is 0 Å². The van der Waals surface area contributed by atoms with Gasteiger partial charge in [-0.15, -0.1) is 0 Å². The molecule has 15 heavy (non-hydrogen) atoms. The van der Waals surface area contributed by atoms with Crippen LogP contribution in [0.15, 0.2) is 18.2 Å². The molecule has 78 valence electrons. The van der Waals surface area contributed by atoms with Crippen LogP contribution in [-0.4, -0.2) is 15.3 Å². The summed E-state index contributed by atoms with van der Waals surface area (Å²) in [4.78, 5) is 0. The van der Waals surface area contributed by atoms with Gasteiger partial charge in [-0.1, -0.05) is 11.6 Å². The molecule has 0 saturated heterocycles. The molecule has 0 fully saturated rings. The van der Waals surface area contributed by atoms with E-state index < -0.39 is 11.6 Å². The number of hydrogen-bond acceptors (Lipinski definition) is 3. The average molecular weight is 228 g/mol. The van der Waals surface area contributed by atoms with Gasteiger partial charge < -0.3 is 10.8 Å². The number of hydrogen-bond donors (Lipinski definition) is 3. The van der Waals surface area contributed by atoms with Crippen LogP contribution >= 0.6 is 11.6 Å². The van der Waals surface area contributed by atoms with Crippen LogP contribution in [0.3, 0.4) is 0 Å². The number of aromatic nitrogens is 2. The van der Waals surface area contributed by atoms with Gasteiger partial charge in [0, 0.05) is 11.6 Å². The number of nitrogens with one attached hydrogen (secondary N) is 1. The van der Waals surface area contributed by atoms with Gasteiger partial charge in [-0.05, 0) is 12.1 Å². The number of nitrogen functional groups attached to an aromatic ring is 1. The maximum absolute atomic E-state index is 13.1. The molecule has 0 radical (unpaired) electrons. The van der Waals surface area contributed by atoms with Crippen LogP contribution in [0.4, 0.5) is 10.2 Å². The predicted molar refractivity (Wildman–Crippen MR) is 55.1 cm³/mol. The lowest BCUT2D eigenvalue weighted by Gasteiger charge is -2.02. The molecule has 2 rings (SSSR count). The molecular formula is C9H7ClFN3O. The Balaban J connectivity index is 2.55. The van der Waals surface area contributed by atoms with Crippen LogP contribution in [0.25, 0.3) is 11.3 Å². The van der Waals surface area contributed by atoms with Crippen LogP contribution in [0.1, 0.15) is 0 Å². The van der Waals surface area contributed by atoms with Gasteiger partial charge in [0.05, 0.1) is 10.7 Å². The minimum absolute atomic E-state index is 0.0572. The summed E-state index contributed by atoms with van der Waals surface area (Å²) in [6.07, 6.45) is 0. The van der Waals surface area contributed by atoms with Gasteiger partial charge in [0.1, 0.15) is 5.82 Å². The van der Waals surface area contributed by atoms with Crippen molar-refractivity contribution in [2.75, 3.05) is 5.73 Å². The summed E-state index contributed by atoms with van der Waals surface area (Å²) in [5.74, 6) is -1.05. The third kappa shape index (κ3) is 1.73.